The molecule has 1 aliphatic heterocycles. The van der Waals surface area contributed by atoms with E-state index in [1.807, 2.05) is 50.2 Å². The number of hydrogen-bond acceptors (Lipinski definition) is 5. The largest absolute Gasteiger partial charge is 0.492 e. The molecule has 32 heavy (non-hydrogen) atoms. The van der Waals surface area contributed by atoms with Crippen LogP contribution in [0.5, 0.6) is 5.75 Å². The number of rotatable bonds is 7. The fourth-order valence-electron chi connectivity index (χ4n) is 4.67. The minimum atomic E-state index is -0.143. The van der Waals surface area contributed by atoms with Crippen LogP contribution in [0.2, 0.25) is 0 Å². The van der Waals surface area contributed by atoms with Crippen LogP contribution in [0.3, 0.4) is 0 Å². The van der Waals surface area contributed by atoms with Gasteiger partial charge in [-0.3, -0.25) is 9.69 Å². The van der Waals surface area contributed by atoms with Crippen LogP contribution in [0.25, 0.3) is 11.1 Å². The highest BCUT2D eigenvalue weighted by Gasteiger charge is 2.44. The van der Waals surface area contributed by atoms with Crippen molar-refractivity contribution in [1.82, 2.24) is 14.9 Å². The van der Waals surface area contributed by atoms with Gasteiger partial charge in [-0.2, -0.15) is 0 Å². The van der Waals surface area contributed by atoms with Gasteiger partial charge in [0, 0.05) is 53.4 Å². The number of carbonyl (C=O) groups excluding carboxylic acids is 1. The van der Waals surface area contributed by atoms with E-state index < -0.39 is 0 Å². The average molecular weight is 429 g/mol. The van der Waals surface area contributed by atoms with Crippen LogP contribution in [0, 0.1) is 25.7 Å². The highest BCUT2D eigenvalue weighted by molar-refractivity contribution is 6.04. The van der Waals surface area contributed by atoms with Crippen molar-refractivity contribution in [2.45, 2.75) is 20.3 Å². The Labute approximate surface area is 188 Å². The Hall–Kier alpha value is -3.25. The molecule has 0 unspecified atom stereocenters. The van der Waals surface area contributed by atoms with Crippen LogP contribution in [0.4, 0.5) is 5.69 Å². The highest BCUT2D eigenvalue weighted by Crippen LogP contribution is 2.44. The Morgan fingerprint density at radius 1 is 1.06 bits per heavy atom. The standard InChI is InChI=1S/C26H28N4O2/c1-17-25(18(2)28-16-27-17)23-13-22(29-26(31)19-6-4-3-5-7-19)8-9-24(23)32-11-10-30-14-20-12-21(20)15-30/h3-9,13,16,20-21H,10-12,14-15H2,1-2H3,(H,29,31)/t20-,21+. The predicted molar refractivity (Wildman–Crippen MR) is 125 cm³/mol. The number of aryl methyl sites for hydroxylation is 2. The minimum Gasteiger partial charge on any atom is -0.492 e. The molecule has 1 N–H and O–H groups in total. The zero-order valence-electron chi connectivity index (χ0n) is 18.5. The highest BCUT2D eigenvalue weighted by atomic mass is 16.5. The second-order valence-corrected chi connectivity index (χ2v) is 8.81. The van der Waals surface area contributed by atoms with Crippen molar-refractivity contribution in [3.63, 3.8) is 0 Å². The molecule has 0 spiro atoms. The average Bonchev–Trinajstić information content (AvgIpc) is 3.41. The SMILES string of the molecule is Cc1ncnc(C)c1-c1cc(NC(=O)c2ccccc2)ccc1OCCN1C[C@H]2C[C@H]2C1. The third-order valence-electron chi connectivity index (χ3n) is 6.49. The first-order valence-corrected chi connectivity index (χ1v) is 11.2. The summed E-state index contributed by atoms with van der Waals surface area (Å²) >= 11 is 0. The summed E-state index contributed by atoms with van der Waals surface area (Å²) in [5, 5.41) is 3.00. The first kappa shape index (κ1) is 20.6. The second-order valence-electron chi connectivity index (χ2n) is 8.81. The number of amides is 1. The summed E-state index contributed by atoms with van der Waals surface area (Å²) < 4.78 is 6.25. The van der Waals surface area contributed by atoms with Crippen molar-refractivity contribution in [2.75, 3.05) is 31.6 Å². The van der Waals surface area contributed by atoms with Gasteiger partial charge in [0.15, 0.2) is 0 Å². The molecule has 2 aliphatic rings. The van der Waals surface area contributed by atoms with Crippen LogP contribution in [-0.2, 0) is 0 Å². The fraction of sp³-hybridized carbons (Fsp3) is 0.346. The van der Waals surface area contributed by atoms with Gasteiger partial charge < -0.3 is 10.1 Å². The molecule has 0 radical (unpaired) electrons. The van der Waals surface area contributed by atoms with Gasteiger partial charge in [-0.15, -0.1) is 0 Å². The van der Waals surface area contributed by atoms with E-state index in [4.69, 9.17) is 4.74 Å². The Kier molecular flexibility index (Phi) is 5.62. The quantitative estimate of drug-likeness (QED) is 0.606. The topological polar surface area (TPSA) is 67.3 Å². The van der Waals surface area contributed by atoms with Crippen LogP contribution >= 0.6 is 0 Å². The minimum absolute atomic E-state index is 0.143. The number of likely N-dealkylation sites (tertiary alicyclic amines) is 1. The molecule has 2 heterocycles. The molecule has 1 saturated carbocycles. The van der Waals surface area contributed by atoms with E-state index in [-0.39, 0.29) is 5.91 Å². The molecule has 0 bridgehead atoms. The summed E-state index contributed by atoms with van der Waals surface area (Å²) in [5.41, 5.74) is 4.94. The number of anilines is 1. The van der Waals surface area contributed by atoms with Crippen molar-refractivity contribution >= 4 is 11.6 Å². The number of fused-ring (bicyclic) bond motifs is 1. The molecule has 6 heteroatoms. The van der Waals surface area contributed by atoms with Gasteiger partial charge in [-0.1, -0.05) is 18.2 Å². The normalized spacial score (nSPS) is 19.4. The van der Waals surface area contributed by atoms with Crippen LogP contribution < -0.4 is 10.1 Å². The third kappa shape index (κ3) is 4.36. The monoisotopic (exact) mass is 428 g/mol. The second kappa shape index (κ2) is 8.71. The van der Waals surface area contributed by atoms with E-state index >= 15 is 0 Å². The smallest absolute Gasteiger partial charge is 0.255 e. The molecule has 1 aromatic heterocycles. The fourth-order valence-corrected chi connectivity index (χ4v) is 4.67. The molecule has 3 aromatic rings. The number of benzene rings is 2. The molecule has 1 aliphatic carbocycles. The lowest BCUT2D eigenvalue weighted by molar-refractivity contribution is 0.102. The van der Waals surface area contributed by atoms with Crippen molar-refractivity contribution < 1.29 is 9.53 Å². The van der Waals surface area contributed by atoms with E-state index in [9.17, 15) is 4.79 Å². The maximum absolute atomic E-state index is 12.7. The van der Waals surface area contributed by atoms with Crippen molar-refractivity contribution in [3.8, 4) is 16.9 Å². The van der Waals surface area contributed by atoms with Gasteiger partial charge in [-0.05, 0) is 62.4 Å². The number of nitrogens with zero attached hydrogens (tertiary/aromatic N) is 3. The van der Waals surface area contributed by atoms with Crippen molar-refractivity contribution in [2.24, 2.45) is 11.8 Å². The summed E-state index contributed by atoms with van der Waals surface area (Å²) in [7, 11) is 0. The zero-order chi connectivity index (χ0) is 22.1. The number of hydrogen-bond donors (Lipinski definition) is 1. The third-order valence-corrected chi connectivity index (χ3v) is 6.49. The molecule has 1 amide bonds. The van der Waals surface area contributed by atoms with Crippen LogP contribution in [0.15, 0.2) is 54.9 Å². The summed E-state index contributed by atoms with van der Waals surface area (Å²) in [6.45, 7) is 7.92. The summed E-state index contributed by atoms with van der Waals surface area (Å²) in [6, 6.07) is 15.0. The molecule has 2 atom stereocenters. The first-order valence-electron chi connectivity index (χ1n) is 11.2. The zero-order valence-corrected chi connectivity index (χ0v) is 18.5. The predicted octanol–water partition coefficient (Wildman–Crippen LogP) is 4.34. The van der Waals surface area contributed by atoms with E-state index in [1.165, 1.54) is 19.5 Å². The Morgan fingerprint density at radius 2 is 1.78 bits per heavy atom. The first-order chi connectivity index (χ1) is 15.6. The number of piperidine rings is 1. The molecule has 164 valence electrons. The Balaban J connectivity index is 1.38. The molecular formula is C26H28N4O2. The van der Waals surface area contributed by atoms with Crippen molar-refractivity contribution in [3.05, 3.63) is 71.8 Å². The van der Waals surface area contributed by atoms with Gasteiger partial charge in [0.1, 0.15) is 18.7 Å². The number of aromatic nitrogens is 2. The van der Waals surface area contributed by atoms with E-state index in [0.717, 1.165) is 46.6 Å². The molecule has 2 aromatic carbocycles. The Morgan fingerprint density at radius 3 is 2.50 bits per heavy atom. The molecular weight excluding hydrogens is 400 g/mol. The van der Waals surface area contributed by atoms with Crippen molar-refractivity contribution in [1.29, 1.82) is 0 Å². The maximum Gasteiger partial charge on any atom is 0.255 e. The number of ether oxygens (including phenoxy) is 1. The van der Waals surface area contributed by atoms with Gasteiger partial charge in [-0.25, -0.2) is 9.97 Å². The lowest BCUT2D eigenvalue weighted by Gasteiger charge is -2.20. The summed E-state index contributed by atoms with van der Waals surface area (Å²) in [4.78, 5) is 23.9. The van der Waals surface area contributed by atoms with Gasteiger partial charge in [0.25, 0.3) is 5.91 Å². The van der Waals surface area contributed by atoms with E-state index in [0.29, 0.717) is 17.9 Å². The molecule has 2 fully saturated rings. The van der Waals surface area contributed by atoms with Crippen LogP contribution in [-0.4, -0.2) is 47.0 Å². The van der Waals surface area contributed by atoms with Gasteiger partial charge >= 0.3 is 0 Å². The lowest BCUT2D eigenvalue weighted by atomic mass is 10.0. The van der Waals surface area contributed by atoms with E-state index in [2.05, 4.69) is 20.2 Å². The van der Waals surface area contributed by atoms with Crippen LogP contribution in [0.1, 0.15) is 28.2 Å². The Bertz CT molecular complexity index is 1100. The van der Waals surface area contributed by atoms with Gasteiger partial charge in [0.05, 0.1) is 0 Å². The number of nitrogens with one attached hydrogen (secondary N) is 1. The molecule has 1 saturated heterocycles. The summed E-state index contributed by atoms with van der Waals surface area (Å²) in [5.74, 6) is 2.48. The maximum atomic E-state index is 12.7. The molecule has 6 nitrogen and oxygen atoms in total. The lowest BCUT2D eigenvalue weighted by Crippen LogP contribution is -2.27. The van der Waals surface area contributed by atoms with Gasteiger partial charge in [0.2, 0.25) is 0 Å². The van der Waals surface area contributed by atoms with E-state index in [1.54, 1.807) is 18.5 Å². The molecule has 5 rings (SSSR count). The number of carbonyl (C=O) groups is 1. The summed E-state index contributed by atoms with van der Waals surface area (Å²) in [6.07, 6.45) is 2.98.